The van der Waals surface area contributed by atoms with Crippen molar-refractivity contribution in [2.75, 3.05) is 7.05 Å². The summed E-state index contributed by atoms with van der Waals surface area (Å²) in [5.74, 6) is 0.121. The van der Waals surface area contributed by atoms with Crippen LogP contribution >= 0.6 is 22.9 Å². The second kappa shape index (κ2) is 6.42. The van der Waals surface area contributed by atoms with E-state index in [1.807, 2.05) is 12.1 Å². The average molecular weight is 307 g/mol. The van der Waals surface area contributed by atoms with Crippen LogP contribution in [0.5, 0.6) is 0 Å². The molecule has 0 atom stereocenters. The van der Waals surface area contributed by atoms with Crippen LogP contribution in [-0.2, 0) is 11.3 Å². The van der Waals surface area contributed by atoms with Gasteiger partial charge in [-0.2, -0.15) is 5.26 Å². The Morgan fingerprint density at radius 1 is 1.55 bits per heavy atom. The molecule has 0 bridgehead atoms. The molecule has 102 valence electrons. The van der Waals surface area contributed by atoms with Gasteiger partial charge < -0.3 is 9.32 Å². The van der Waals surface area contributed by atoms with Gasteiger partial charge in [0.2, 0.25) is 0 Å². The number of furan rings is 1. The lowest BCUT2D eigenvalue weighted by Gasteiger charge is -2.15. The van der Waals surface area contributed by atoms with Gasteiger partial charge in [0.15, 0.2) is 0 Å². The SMILES string of the molecule is CN(Cc1ccc(Cl)s1)C(=O)/C(C#N)=C/c1ccco1. The first-order valence-corrected chi connectivity index (χ1v) is 6.94. The second-order valence-electron chi connectivity index (χ2n) is 4.05. The first kappa shape index (κ1) is 14.4. The Balaban J connectivity index is 2.11. The van der Waals surface area contributed by atoms with Crippen LogP contribution in [0.1, 0.15) is 10.6 Å². The van der Waals surface area contributed by atoms with Crippen molar-refractivity contribution in [3.63, 3.8) is 0 Å². The van der Waals surface area contributed by atoms with Crippen LogP contribution in [0.2, 0.25) is 4.34 Å². The summed E-state index contributed by atoms with van der Waals surface area (Å²) >= 11 is 7.26. The Morgan fingerprint density at radius 3 is 2.90 bits per heavy atom. The van der Waals surface area contributed by atoms with Gasteiger partial charge in [0, 0.05) is 18.0 Å². The van der Waals surface area contributed by atoms with Crippen molar-refractivity contribution in [2.24, 2.45) is 0 Å². The van der Waals surface area contributed by atoms with E-state index < -0.39 is 0 Å². The van der Waals surface area contributed by atoms with Crippen molar-refractivity contribution >= 4 is 34.9 Å². The summed E-state index contributed by atoms with van der Waals surface area (Å²) in [5, 5.41) is 9.09. The summed E-state index contributed by atoms with van der Waals surface area (Å²) in [4.78, 5) is 14.6. The maximum atomic E-state index is 12.2. The summed E-state index contributed by atoms with van der Waals surface area (Å²) in [6.07, 6.45) is 2.92. The monoisotopic (exact) mass is 306 g/mol. The number of rotatable bonds is 4. The van der Waals surface area contributed by atoms with Gasteiger partial charge in [-0.1, -0.05) is 11.6 Å². The zero-order valence-corrected chi connectivity index (χ0v) is 12.2. The minimum Gasteiger partial charge on any atom is -0.465 e. The van der Waals surface area contributed by atoms with E-state index in [4.69, 9.17) is 21.3 Å². The Kier molecular flexibility index (Phi) is 4.61. The Bertz CT molecular complexity index is 668. The fourth-order valence-corrected chi connectivity index (χ4v) is 2.75. The van der Waals surface area contributed by atoms with E-state index in [1.54, 1.807) is 25.2 Å². The predicted molar refractivity (Wildman–Crippen MR) is 78.1 cm³/mol. The third-order valence-corrected chi connectivity index (χ3v) is 3.77. The van der Waals surface area contributed by atoms with Gasteiger partial charge in [-0.15, -0.1) is 11.3 Å². The normalized spacial score (nSPS) is 11.2. The number of carbonyl (C=O) groups excluding carboxylic acids is 1. The smallest absolute Gasteiger partial charge is 0.264 e. The van der Waals surface area contributed by atoms with Gasteiger partial charge >= 0.3 is 0 Å². The Labute approximate surface area is 125 Å². The van der Waals surface area contributed by atoms with Crippen molar-refractivity contribution in [2.45, 2.75) is 6.54 Å². The molecule has 0 aromatic carbocycles. The van der Waals surface area contributed by atoms with Crippen molar-refractivity contribution in [1.82, 2.24) is 4.90 Å². The maximum Gasteiger partial charge on any atom is 0.264 e. The molecule has 2 aromatic heterocycles. The van der Waals surface area contributed by atoms with Crippen LogP contribution in [0.4, 0.5) is 0 Å². The molecule has 0 aliphatic rings. The van der Waals surface area contributed by atoms with Crippen molar-refractivity contribution in [3.05, 3.63) is 51.1 Å². The van der Waals surface area contributed by atoms with E-state index in [0.29, 0.717) is 16.6 Å². The summed E-state index contributed by atoms with van der Waals surface area (Å²) in [6.45, 7) is 0.410. The highest BCUT2D eigenvalue weighted by molar-refractivity contribution is 7.16. The Morgan fingerprint density at radius 2 is 2.35 bits per heavy atom. The molecule has 0 spiro atoms. The standard InChI is InChI=1S/C14H11ClN2O2S/c1-17(9-12-4-5-13(15)20-12)14(18)10(8-16)7-11-3-2-6-19-11/h2-7H,9H2,1H3/b10-7+. The van der Waals surface area contributed by atoms with Gasteiger partial charge in [-0.3, -0.25) is 4.79 Å². The number of likely N-dealkylation sites (N-methyl/N-ethyl adjacent to an activating group) is 1. The van der Waals surface area contributed by atoms with Crippen LogP contribution in [-0.4, -0.2) is 17.9 Å². The lowest BCUT2D eigenvalue weighted by molar-refractivity contribution is -0.125. The van der Waals surface area contributed by atoms with Crippen LogP contribution in [0.25, 0.3) is 6.08 Å². The molecule has 0 saturated carbocycles. The van der Waals surface area contributed by atoms with E-state index in [2.05, 4.69) is 0 Å². The van der Waals surface area contributed by atoms with Gasteiger partial charge in [0.25, 0.3) is 5.91 Å². The summed E-state index contributed by atoms with van der Waals surface area (Å²) < 4.78 is 5.78. The minimum absolute atomic E-state index is 0.0325. The topological polar surface area (TPSA) is 57.2 Å². The first-order valence-electron chi connectivity index (χ1n) is 5.75. The zero-order chi connectivity index (χ0) is 14.5. The first-order chi connectivity index (χ1) is 9.60. The molecular formula is C14H11ClN2O2S. The number of halogens is 1. The van der Waals surface area contributed by atoms with Crippen molar-refractivity contribution < 1.29 is 9.21 Å². The third-order valence-electron chi connectivity index (χ3n) is 2.55. The number of hydrogen-bond acceptors (Lipinski definition) is 4. The molecule has 0 N–H and O–H groups in total. The number of amides is 1. The highest BCUT2D eigenvalue weighted by Crippen LogP contribution is 2.22. The minimum atomic E-state index is -0.353. The summed E-state index contributed by atoms with van der Waals surface area (Å²) in [7, 11) is 1.64. The number of hydrogen-bond donors (Lipinski definition) is 0. The third kappa shape index (κ3) is 3.50. The molecule has 0 aliphatic carbocycles. The van der Waals surface area contributed by atoms with Crippen molar-refractivity contribution in [1.29, 1.82) is 5.26 Å². The second-order valence-corrected chi connectivity index (χ2v) is 5.85. The fraction of sp³-hybridized carbons (Fsp3) is 0.143. The van der Waals surface area contributed by atoms with Crippen LogP contribution in [0.15, 0.2) is 40.5 Å². The molecular weight excluding hydrogens is 296 g/mol. The molecule has 0 aliphatic heterocycles. The molecule has 0 saturated heterocycles. The van der Waals surface area contributed by atoms with Gasteiger partial charge in [0.05, 0.1) is 17.1 Å². The largest absolute Gasteiger partial charge is 0.465 e. The molecule has 2 aromatic rings. The molecule has 0 radical (unpaired) electrons. The highest BCUT2D eigenvalue weighted by Gasteiger charge is 2.16. The van der Waals surface area contributed by atoms with E-state index in [-0.39, 0.29) is 11.5 Å². The zero-order valence-electron chi connectivity index (χ0n) is 10.7. The number of nitriles is 1. The lowest BCUT2D eigenvalue weighted by Crippen LogP contribution is -2.26. The molecule has 6 heteroatoms. The summed E-state index contributed by atoms with van der Waals surface area (Å²) in [5.41, 5.74) is 0.0325. The van der Waals surface area contributed by atoms with E-state index >= 15 is 0 Å². The van der Waals surface area contributed by atoms with Gasteiger partial charge in [-0.05, 0) is 24.3 Å². The lowest BCUT2D eigenvalue weighted by atomic mass is 10.2. The van der Waals surface area contributed by atoms with E-state index in [1.165, 1.54) is 28.6 Å². The van der Waals surface area contributed by atoms with E-state index in [9.17, 15) is 4.79 Å². The molecule has 20 heavy (non-hydrogen) atoms. The predicted octanol–water partition coefficient (Wildman–Crippen LogP) is 3.56. The van der Waals surface area contributed by atoms with Gasteiger partial charge in [0.1, 0.15) is 17.4 Å². The number of thiophene rings is 1. The van der Waals surface area contributed by atoms with Crippen LogP contribution < -0.4 is 0 Å². The quantitative estimate of drug-likeness (QED) is 0.641. The highest BCUT2D eigenvalue weighted by atomic mass is 35.5. The summed E-state index contributed by atoms with van der Waals surface area (Å²) in [6, 6.07) is 8.92. The molecule has 0 unspecified atom stereocenters. The van der Waals surface area contributed by atoms with Crippen LogP contribution in [0, 0.1) is 11.3 Å². The molecule has 0 fully saturated rings. The van der Waals surface area contributed by atoms with Gasteiger partial charge in [-0.25, -0.2) is 0 Å². The van der Waals surface area contributed by atoms with Crippen molar-refractivity contribution in [3.8, 4) is 6.07 Å². The van der Waals surface area contributed by atoms with E-state index in [0.717, 1.165) is 4.88 Å². The molecule has 4 nitrogen and oxygen atoms in total. The Hall–Kier alpha value is -2.03. The maximum absolute atomic E-state index is 12.2. The van der Waals surface area contributed by atoms with Crippen LogP contribution in [0.3, 0.4) is 0 Å². The average Bonchev–Trinajstić information content (AvgIpc) is 3.07. The number of nitrogens with zero attached hydrogens (tertiary/aromatic N) is 2. The molecule has 2 rings (SSSR count). The fourth-order valence-electron chi connectivity index (χ4n) is 1.61. The number of carbonyl (C=O) groups is 1. The molecule has 1 amide bonds. The molecule has 2 heterocycles.